The molecule has 1 saturated heterocycles. The van der Waals surface area contributed by atoms with Crippen LogP contribution in [-0.4, -0.2) is 34.2 Å². The Bertz CT molecular complexity index is 328. The van der Waals surface area contributed by atoms with Crippen molar-refractivity contribution < 1.29 is 0 Å². The van der Waals surface area contributed by atoms with Gasteiger partial charge in [-0.15, -0.1) is 10.2 Å². The number of nitrogens with two attached hydrogens (primary N) is 1. The molecule has 1 aromatic heterocycles. The number of nitrogens with zero attached hydrogens (tertiary/aromatic N) is 3. The number of hydrogen-bond acceptors (Lipinski definition) is 5. The first-order valence-electron chi connectivity index (χ1n) is 5.71. The average Bonchev–Trinajstić information content (AvgIpc) is 2.67. The fourth-order valence-electron chi connectivity index (χ4n) is 2.26. The lowest BCUT2D eigenvalue weighted by Gasteiger charge is -2.34. The maximum atomic E-state index is 5.78. The lowest BCUT2D eigenvalue weighted by atomic mass is 9.99. The van der Waals surface area contributed by atoms with E-state index in [1.165, 1.54) is 30.6 Å². The topological polar surface area (TPSA) is 55.0 Å². The maximum Gasteiger partial charge on any atom is 0.207 e. The minimum absolute atomic E-state index is 0.530. The summed E-state index contributed by atoms with van der Waals surface area (Å²) in [5.74, 6) is 0. The van der Waals surface area contributed by atoms with E-state index in [-0.39, 0.29) is 0 Å². The Hall–Kier alpha value is -0.230. The second-order valence-electron chi connectivity index (χ2n) is 4.15. The molecule has 4 nitrogen and oxygen atoms in total. The molecule has 1 aromatic rings. The Morgan fingerprint density at radius 3 is 3.00 bits per heavy atom. The summed E-state index contributed by atoms with van der Waals surface area (Å²) in [5.41, 5.74) is 5.65. The van der Waals surface area contributed by atoms with E-state index in [1.54, 1.807) is 0 Å². The van der Waals surface area contributed by atoms with Crippen LogP contribution in [0, 0.1) is 0 Å². The van der Waals surface area contributed by atoms with Crippen molar-refractivity contribution in [1.29, 1.82) is 0 Å². The van der Waals surface area contributed by atoms with E-state index in [0.717, 1.165) is 31.1 Å². The normalized spacial score (nSPS) is 22.5. The molecule has 16 heavy (non-hydrogen) atoms. The van der Waals surface area contributed by atoms with Gasteiger partial charge < -0.3 is 5.73 Å². The van der Waals surface area contributed by atoms with Crippen LogP contribution in [-0.2, 0) is 6.54 Å². The number of likely N-dealkylation sites (tertiary alicyclic amines) is 1. The lowest BCUT2D eigenvalue weighted by molar-refractivity contribution is 0.133. The van der Waals surface area contributed by atoms with Gasteiger partial charge in [0.25, 0.3) is 0 Å². The summed E-state index contributed by atoms with van der Waals surface area (Å²) in [7, 11) is 0. The van der Waals surface area contributed by atoms with Crippen molar-refractivity contribution in [2.24, 2.45) is 5.73 Å². The Balaban J connectivity index is 1.95. The summed E-state index contributed by atoms with van der Waals surface area (Å²) in [6, 6.07) is 0.612. The Morgan fingerprint density at radius 2 is 2.31 bits per heavy atom. The highest BCUT2D eigenvalue weighted by Gasteiger charge is 2.22. The molecule has 0 aliphatic carbocycles. The molecule has 2 rings (SSSR count). The van der Waals surface area contributed by atoms with Crippen molar-refractivity contribution in [2.75, 3.05) is 13.1 Å². The first-order valence-corrected chi connectivity index (χ1v) is 6.91. The molecular weight excluding hydrogens is 244 g/mol. The third-order valence-corrected chi connectivity index (χ3v) is 4.03. The fraction of sp³-hybridized carbons (Fsp3) is 0.800. The predicted molar refractivity (Wildman–Crippen MR) is 66.6 cm³/mol. The van der Waals surface area contributed by atoms with Crippen molar-refractivity contribution in [3.63, 3.8) is 0 Å². The molecule has 2 N–H and O–H groups in total. The van der Waals surface area contributed by atoms with Crippen LogP contribution in [0.4, 0.5) is 0 Å². The number of piperidine rings is 1. The summed E-state index contributed by atoms with van der Waals surface area (Å²) in [4.78, 5) is 2.47. The third kappa shape index (κ3) is 3.13. The van der Waals surface area contributed by atoms with Crippen LogP contribution in [0.25, 0.3) is 0 Å². The van der Waals surface area contributed by atoms with Gasteiger partial charge in [0.15, 0.2) is 0 Å². The molecule has 1 aliphatic rings. The van der Waals surface area contributed by atoms with Gasteiger partial charge >= 0.3 is 0 Å². The van der Waals surface area contributed by atoms with Gasteiger partial charge in [0.1, 0.15) is 5.01 Å². The smallest absolute Gasteiger partial charge is 0.207 e. The SMILES string of the molecule is NCCC1CCCCN1Cc1nnc(Cl)s1. The fourth-order valence-corrected chi connectivity index (χ4v) is 3.15. The maximum absolute atomic E-state index is 5.78. The molecule has 0 radical (unpaired) electrons. The summed E-state index contributed by atoms with van der Waals surface area (Å²) in [6.45, 7) is 2.77. The average molecular weight is 261 g/mol. The van der Waals surface area contributed by atoms with E-state index in [4.69, 9.17) is 17.3 Å². The van der Waals surface area contributed by atoms with Crippen molar-refractivity contribution >= 4 is 22.9 Å². The van der Waals surface area contributed by atoms with Crippen LogP contribution in [0.3, 0.4) is 0 Å². The molecule has 0 spiro atoms. The zero-order chi connectivity index (χ0) is 11.4. The molecule has 1 atom stereocenters. The molecule has 0 saturated carbocycles. The first kappa shape index (κ1) is 12.2. The van der Waals surface area contributed by atoms with Gasteiger partial charge in [-0.3, -0.25) is 4.90 Å². The van der Waals surface area contributed by atoms with Gasteiger partial charge in [-0.2, -0.15) is 0 Å². The van der Waals surface area contributed by atoms with Crippen LogP contribution < -0.4 is 5.73 Å². The summed E-state index contributed by atoms with van der Waals surface area (Å²) >= 11 is 7.25. The van der Waals surface area contributed by atoms with Gasteiger partial charge in [0, 0.05) is 6.04 Å². The molecule has 0 amide bonds. The van der Waals surface area contributed by atoms with Crippen LogP contribution in [0.2, 0.25) is 4.47 Å². The highest BCUT2D eigenvalue weighted by molar-refractivity contribution is 7.15. The number of aromatic nitrogens is 2. The van der Waals surface area contributed by atoms with E-state index in [9.17, 15) is 0 Å². The Labute approximate surface area is 105 Å². The number of rotatable bonds is 4. The molecular formula is C10H17ClN4S. The van der Waals surface area contributed by atoms with Gasteiger partial charge in [0.05, 0.1) is 6.54 Å². The van der Waals surface area contributed by atoms with Gasteiger partial charge in [-0.1, -0.05) is 17.8 Å². The molecule has 0 aromatic carbocycles. The largest absolute Gasteiger partial charge is 0.330 e. The molecule has 1 unspecified atom stereocenters. The molecule has 2 heterocycles. The van der Waals surface area contributed by atoms with Gasteiger partial charge in [0.2, 0.25) is 4.47 Å². The summed E-state index contributed by atoms with van der Waals surface area (Å²) in [5, 5.41) is 8.91. The molecule has 6 heteroatoms. The second kappa shape index (κ2) is 5.91. The number of hydrogen-bond donors (Lipinski definition) is 1. The zero-order valence-corrected chi connectivity index (χ0v) is 10.8. The molecule has 0 bridgehead atoms. The standard InChI is InChI=1S/C10H17ClN4S/c11-10-14-13-9(16-10)7-15-6-2-1-3-8(15)4-5-12/h8H,1-7,12H2. The van der Waals surface area contributed by atoms with Crippen LogP contribution >= 0.6 is 22.9 Å². The van der Waals surface area contributed by atoms with Crippen molar-refractivity contribution in [2.45, 2.75) is 38.3 Å². The van der Waals surface area contributed by atoms with Crippen molar-refractivity contribution in [1.82, 2.24) is 15.1 Å². The third-order valence-electron chi connectivity index (χ3n) is 3.03. The van der Waals surface area contributed by atoms with E-state index < -0.39 is 0 Å². The van der Waals surface area contributed by atoms with Crippen molar-refractivity contribution in [3.8, 4) is 0 Å². The minimum Gasteiger partial charge on any atom is -0.330 e. The number of halogens is 1. The summed E-state index contributed by atoms with van der Waals surface area (Å²) < 4.78 is 0.530. The second-order valence-corrected chi connectivity index (χ2v) is 5.79. The van der Waals surface area contributed by atoms with E-state index in [2.05, 4.69) is 15.1 Å². The zero-order valence-electron chi connectivity index (χ0n) is 9.23. The van der Waals surface area contributed by atoms with E-state index in [0.29, 0.717) is 10.5 Å². The van der Waals surface area contributed by atoms with E-state index in [1.807, 2.05) is 0 Å². The Kier molecular flexibility index (Phi) is 4.52. The Morgan fingerprint density at radius 1 is 1.44 bits per heavy atom. The van der Waals surface area contributed by atoms with Gasteiger partial charge in [-0.25, -0.2) is 0 Å². The van der Waals surface area contributed by atoms with E-state index >= 15 is 0 Å². The quantitative estimate of drug-likeness (QED) is 0.898. The van der Waals surface area contributed by atoms with Crippen LogP contribution in [0.5, 0.6) is 0 Å². The monoisotopic (exact) mass is 260 g/mol. The molecule has 90 valence electrons. The van der Waals surface area contributed by atoms with Gasteiger partial charge in [-0.05, 0) is 44.0 Å². The lowest BCUT2D eigenvalue weighted by Crippen LogP contribution is -2.40. The summed E-state index contributed by atoms with van der Waals surface area (Å²) in [6.07, 6.45) is 4.92. The highest BCUT2D eigenvalue weighted by Crippen LogP contribution is 2.23. The van der Waals surface area contributed by atoms with Crippen LogP contribution in [0.15, 0.2) is 0 Å². The molecule has 1 aliphatic heterocycles. The first-order chi connectivity index (χ1) is 7.79. The highest BCUT2D eigenvalue weighted by atomic mass is 35.5. The predicted octanol–water partition coefficient (Wildman–Crippen LogP) is 1.89. The van der Waals surface area contributed by atoms with Crippen molar-refractivity contribution in [3.05, 3.63) is 9.47 Å². The van der Waals surface area contributed by atoms with Crippen LogP contribution in [0.1, 0.15) is 30.7 Å². The minimum atomic E-state index is 0.530. The molecule has 1 fully saturated rings.